The van der Waals surface area contributed by atoms with Crippen LogP contribution in [0.2, 0.25) is 0 Å². The van der Waals surface area contributed by atoms with Crippen LogP contribution in [0.3, 0.4) is 0 Å². The van der Waals surface area contributed by atoms with Crippen molar-refractivity contribution in [1.82, 2.24) is 20.2 Å². The van der Waals surface area contributed by atoms with Gasteiger partial charge in [0.1, 0.15) is 0 Å². The summed E-state index contributed by atoms with van der Waals surface area (Å²) in [5, 5.41) is 15.4. The molecule has 0 aliphatic rings. The first-order chi connectivity index (χ1) is 12.6. The molecule has 1 N–H and O–H groups in total. The van der Waals surface area contributed by atoms with Gasteiger partial charge in [0.25, 0.3) is 0 Å². The van der Waals surface area contributed by atoms with Crippen LogP contribution >= 0.6 is 11.8 Å². The van der Waals surface area contributed by atoms with Crippen molar-refractivity contribution < 1.29 is 4.79 Å². The van der Waals surface area contributed by atoms with E-state index < -0.39 is 0 Å². The Bertz CT molecular complexity index is 892. The Morgan fingerprint density at radius 2 is 1.92 bits per heavy atom. The number of aryl methyl sites for hydroxylation is 1. The van der Waals surface area contributed by atoms with E-state index in [9.17, 15) is 4.79 Å². The van der Waals surface area contributed by atoms with Crippen molar-refractivity contribution in [2.24, 2.45) is 0 Å². The maximum atomic E-state index is 12.5. The summed E-state index contributed by atoms with van der Waals surface area (Å²) in [6.07, 6.45) is 0. The van der Waals surface area contributed by atoms with Crippen molar-refractivity contribution in [2.75, 3.05) is 11.1 Å². The Morgan fingerprint density at radius 1 is 1.15 bits per heavy atom. The van der Waals surface area contributed by atoms with E-state index in [0.717, 1.165) is 22.5 Å². The fraction of sp³-hybridized carbons (Fsp3) is 0.263. The molecule has 0 bridgehead atoms. The maximum absolute atomic E-state index is 12.5. The van der Waals surface area contributed by atoms with Gasteiger partial charge in [0.15, 0.2) is 0 Å². The lowest BCUT2D eigenvalue weighted by atomic mass is 9.98. The number of hydrogen-bond donors (Lipinski definition) is 1. The van der Waals surface area contributed by atoms with Crippen LogP contribution < -0.4 is 5.32 Å². The van der Waals surface area contributed by atoms with Crippen molar-refractivity contribution in [2.45, 2.75) is 31.8 Å². The first-order valence-electron chi connectivity index (χ1n) is 8.42. The largest absolute Gasteiger partial charge is 0.325 e. The molecule has 2 aromatic carbocycles. The number of nitrogens with zero attached hydrogens (tertiary/aromatic N) is 4. The van der Waals surface area contributed by atoms with Gasteiger partial charge in [-0.1, -0.05) is 62.0 Å². The number of para-hydroxylation sites is 2. The molecule has 0 atom stereocenters. The molecule has 6 nitrogen and oxygen atoms in total. The molecule has 1 amide bonds. The number of thioether (sulfide) groups is 1. The van der Waals surface area contributed by atoms with E-state index in [1.54, 1.807) is 4.68 Å². The number of nitrogens with one attached hydrogen (secondary N) is 1. The second-order valence-electron chi connectivity index (χ2n) is 6.24. The second-order valence-corrected chi connectivity index (χ2v) is 7.18. The normalized spacial score (nSPS) is 10.9. The highest BCUT2D eigenvalue weighted by molar-refractivity contribution is 7.99. The molecule has 3 aromatic rings. The highest BCUT2D eigenvalue weighted by Gasteiger charge is 2.14. The minimum absolute atomic E-state index is 0.0752. The Hall–Kier alpha value is -2.67. The smallest absolute Gasteiger partial charge is 0.234 e. The van der Waals surface area contributed by atoms with Crippen molar-refractivity contribution in [1.29, 1.82) is 0 Å². The molecule has 0 aliphatic carbocycles. The summed E-state index contributed by atoms with van der Waals surface area (Å²) < 4.78 is 1.63. The van der Waals surface area contributed by atoms with Gasteiger partial charge >= 0.3 is 0 Å². The summed E-state index contributed by atoms with van der Waals surface area (Å²) in [7, 11) is 0. The van der Waals surface area contributed by atoms with Crippen LogP contribution in [0.25, 0.3) is 5.69 Å². The summed E-state index contributed by atoms with van der Waals surface area (Å²) in [4.78, 5) is 12.5. The minimum Gasteiger partial charge on any atom is -0.325 e. The zero-order chi connectivity index (χ0) is 18.5. The van der Waals surface area contributed by atoms with Crippen LogP contribution in [0, 0.1) is 6.92 Å². The third-order valence-electron chi connectivity index (χ3n) is 3.97. The molecule has 0 unspecified atom stereocenters. The fourth-order valence-corrected chi connectivity index (χ4v) is 3.34. The predicted octanol–water partition coefficient (Wildman–Crippen LogP) is 3.82. The first kappa shape index (κ1) is 18.1. The SMILES string of the molecule is Cc1cccc(C(C)C)c1NC(=O)CSc1nnnn1-c1ccccc1. The van der Waals surface area contributed by atoms with Crippen LogP contribution in [-0.4, -0.2) is 31.9 Å². The lowest BCUT2D eigenvalue weighted by molar-refractivity contribution is -0.113. The Labute approximate surface area is 157 Å². The van der Waals surface area contributed by atoms with Gasteiger partial charge in [0.05, 0.1) is 11.4 Å². The molecule has 7 heteroatoms. The van der Waals surface area contributed by atoms with E-state index in [2.05, 4.69) is 40.8 Å². The molecular formula is C19H21N5OS. The molecule has 0 aliphatic heterocycles. The van der Waals surface area contributed by atoms with Crippen LogP contribution in [0.15, 0.2) is 53.7 Å². The highest BCUT2D eigenvalue weighted by atomic mass is 32.2. The number of rotatable bonds is 6. The van der Waals surface area contributed by atoms with Crippen LogP contribution in [0.4, 0.5) is 5.69 Å². The van der Waals surface area contributed by atoms with Gasteiger partial charge in [-0.3, -0.25) is 4.79 Å². The molecule has 1 heterocycles. The van der Waals surface area contributed by atoms with E-state index in [1.165, 1.54) is 11.8 Å². The molecule has 134 valence electrons. The topological polar surface area (TPSA) is 72.7 Å². The van der Waals surface area contributed by atoms with Gasteiger partial charge in [-0.25, -0.2) is 0 Å². The number of tetrazole rings is 1. The zero-order valence-electron chi connectivity index (χ0n) is 15.0. The van der Waals surface area contributed by atoms with Gasteiger partial charge in [-0.2, -0.15) is 4.68 Å². The van der Waals surface area contributed by atoms with Gasteiger partial charge in [-0.05, 0) is 46.5 Å². The highest BCUT2D eigenvalue weighted by Crippen LogP contribution is 2.28. The third-order valence-corrected chi connectivity index (χ3v) is 4.88. The standard InChI is InChI=1S/C19H21N5OS/c1-13(2)16-11-7-8-14(3)18(16)20-17(25)12-26-19-21-22-23-24(19)15-9-5-4-6-10-15/h4-11,13H,12H2,1-3H3,(H,20,25). The fourth-order valence-electron chi connectivity index (χ4n) is 2.65. The Morgan fingerprint density at radius 3 is 2.65 bits per heavy atom. The average molecular weight is 367 g/mol. The zero-order valence-corrected chi connectivity index (χ0v) is 15.8. The first-order valence-corrected chi connectivity index (χ1v) is 9.40. The minimum atomic E-state index is -0.0752. The third kappa shape index (κ3) is 4.11. The molecule has 0 spiro atoms. The molecule has 0 saturated carbocycles. The van der Waals surface area contributed by atoms with E-state index in [-0.39, 0.29) is 11.7 Å². The molecule has 0 fully saturated rings. The van der Waals surface area contributed by atoms with Gasteiger partial charge < -0.3 is 5.32 Å². The summed E-state index contributed by atoms with van der Waals surface area (Å²) in [6, 6.07) is 15.7. The number of anilines is 1. The van der Waals surface area contributed by atoms with E-state index in [4.69, 9.17) is 0 Å². The quantitative estimate of drug-likeness (QED) is 0.671. The molecule has 0 saturated heterocycles. The van der Waals surface area contributed by atoms with Gasteiger partial charge in [0.2, 0.25) is 11.1 Å². The monoisotopic (exact) mass is 367 g/mol. The van der Waals surface area contributed by atoms with Crippen molar-refractivity contribution in [3.05, 3.63) is 59.7 Å². The number of carbonyl (C=O) groups excluding carboxylic acids is 1. The molecule has 26 heavy (non-hydrogen) atoms. The summed E-state index contributed by atoms with van der Waals surface area (Å²) >= 11 is 1.31. The van der Waals surface area contributed by atoms with Crippen molar-refractivity contribution >= 4 is 23.4 Å². The van der Waals surface area contributed by atoms with Crippen LogP contribution in [0.1, 0.15) is 30.9 Å². The Kier molecular flexibility index (Phi) is 5.68. The Balaban J connectivity index is 1.69. The van der Waals surface area contributed by atoms with Crippen molar-refractivity contribution in [3.63, 3.8) is 0 Å². The molecule has 3 rings (SSSR count). The lowest BCUT2D eigenvalue weighted by Crippen LogP contribution is -2.17. The molecule has 0 radical (unpaired) electrons. The van der Waals surface area contributed by atoms with Crippen molar-refractivity contribution in [3.8, 4) is 5.69 Å². The molecule has 1 aromatic heterocycles. The number of carbonyl (C=O) groups is 1. The lowest BCUT2D eigenvalue weighted by Gasteiger charge is -2.16. The average Bonchev–Trinajstić information content (AvgIpc) is 3.11. The van der Waals surface area contributed by atoms with E-state index in [0.29, 0.717) is 11.1 Å². The maximum Gasteiger partial charge on any atom is 0.234 e. The molecular weight excluding hydrogens is 346 g/mol. The summed E-state index contributed by atoms with van der Waals surface area (Å²) in [5.74, 6) is 0.496. The van der Waals surface area contributed by atoms with Gasteiger partial charge in [-0.15, -0.1) is 5.10 Å². The number of aromatic nitrogens is 4. The van der Waals surface area contributed by atoms with E-state index in [1.807, 2.05) is 49.4 Å². The number of hydrogen-bond acceptors (Lipinski definition) is 5. The van der Waals surface area contributed by atoms with Gasteiger partial charge in [0, 0.05) is 5.69 Å². The number of amides is 1. The second kappa shape index (κ2) is 8.14. The summed E-state index contributed by atoms with van der Waals surface area (Å²) in [6.45, 7) is 6.24. The van der Waals surface area contributed by atoms with Crippen LogP contribution in [-0.2, 0) is 4.79 Å². The predicted molar refractivity (Wildman–Crippen MR) is 104 cm³/mol. The summed E-state index contributed by atoms with van der Waals surface area (Å²) in [5.41, 5.74) is 3.96. The number of benzene rings is 2. The van der Waals surface area contributed by atoms with Crippen LogP contribution in [0.5, 0.6) is 0 Å². The van der Waals surface area contributed by atoms with E-state index >= 15 is 0 Å².